The standard InChI is InChI=1S/C18H23ClN2O5/c1-6-25-16-11(10(2)22)7-13(19)12(8-20)15(16)14(23)9-21-17(24)26-18(3,4)5/h7,14,23H,6,9H2,1-5H3,(H,21,24). The fourth-order valence-corrected chi connectivity index (χ4v) is 2.49. The number of carbonyl (C=O) groups is 2. The summed E-state index contributed by atoms with van der Waals surface area (Å²) in [6, 6.07) is 3.25. The Morgan fingerprint density at radius 3 is 2.50 bits per heavy atom. The summed E-state index contributed by atoms with van der Waals surface area (Å²) in [6.45, 7) is 8.13. The first-order valence-electron chi connectivity index (χ1n) is 8.07. The Labute approximate surface area is 157 Å². The topological polar surface area (TPSA) is 109 Å². The van der Waals surface area contributed by atoms with Crippen molar-refractivity contribution in [3.05, 3.63) is 27.8 Å². The van der Waals surface area contributed by atoms with E-state index >= 15 is 0 Å². The largest absolute Gasteiger partial charge is 0.493 e. The second-order valence-corrected chi connectivity index (χ2v) is 6.93. The summed E-state index contributed by atoms with van der Waals surface area (Å²) in [4.78, 5) is 23.7. The van der Waals surface area contributed by atoms with E-state index in [4.69, 9.17) is 21.1 Å². The van der Waals surface area contributed by atoms with E-state index in [1.807, 2.05) is 6.07 Å². The van der Waals surface area contributed by atoms with Crippen LogP contribution in [0.15, 0.2) is 6.07 Å². The molecule has 0 bridgehead atoms. The van der Waals surface area contributed by atoms with Crippen LogP contribution in [0.4, 0.5) is 4.79 Å². The minimum absolute atomic E-state index is 0.0152. The molecule has 0 aliphatic carbocycles. The summed E-state index contributed by atoms with van der Waals surface area (Å²) in [5.41, 5.74) is -0.495. The van der Waals surface area contributed by atoms with E-state index < -0.39 is 17.8 Å². The Bertz CT molecular complexity index is 735. The number of benzene rings is 1. The number of nitriles is 1. The molecule has 8 heteroatoms. The molecule has 1 aromatic carbocycles. The van der Waals surface area contributed by atoms with Crippen molar-refractivity contribution in [2.75, 3.05) is 13.2 Å². The molecule has 1 aromatic rings. The summed E-state index contributed by atoms with van der Waals surface area (Å²) < 4.78 is 10.6. The van der Waals surface area contributed by atoms with Crippen LogP contribution in [0.5, 0.6) is 5.75 Å². The lowest BCUT2D eigenvalue weighted by molar-refractivity contribution is 0.0490. The van der Waals surface area contributed by atoms with Gasteiger partial charge in [-0.2, -0.15) is 5.26 Å². The predicted octanol–water partition coefficient (Wildman–Crippen LogP) is 3.37. The average Bonchev–Trinajstić information content (AvgIpc) is 2.51. The number of ether oxygens (including phenoxy) is 2. The fraction of sp³-hybridized carbons (Fsp3) is 0.500. The van der Waals surface area contributed by atoms with Crippen molar-refractivity contribution in [3.8, 4) is 11.8 Å². The fourth-order valence-electron chi connectivity index (χ4n) is 2.24. The van der Waals surface area contributed by atoms with Crippen molar-refractivity contribution >= 4 is 23.5 Å². The summed E-state index contributed by atoms with van der Waals surface area (Å²) in [7, 11) is 0. The molecule has 1 atom stereocenters. The second-order valence-electron chi connectivity index (χ2n) is 6.52. The van der Waals surface area contributed by atoms with Crippen molar-refractivity contribution in [2.45, 2.75) is 46.3 Å². The molecule has 0 saturated heterocycles. The smallest absolute Gasteiger partial charge is 0.407 e. The minimum atomic E-state index is -1.32. The van der Waals surface area contributed by atoms with Gasteiger partial charge >= 0.3 is 6.09 Å². The van der Waals surface area contributed by atoms with Crippen LogP contribution in [0.2, 0.25) is 5.02 Å². The molecule has 1 unspecified atom stereocenters. The number of Topliss-reactive ketones (excluding diaryl/α,β-unsaturated/α-hetero) is 1. The third-order valence-electron chi connectivity index (χ3n) is 3.22. The lowest BCUT2D eigenvalue weighted by Gasteiger charge is -2.22. The maximum atomic E-state index is 11.9. The predicted molar refractivity (Wildman–Crippen MR) is 96.5 cm³/mol. The van der Waals surface area contributed by atoms with Crippen LogP contribution in [0.3, 0.4) is 0 Å². The molecule has 0 spiro atoms. The van der Waals surface area contributed by atoms with Gasteiger partial charge < -0.3 is 19.9 Å². The normalized spacial score (nSPS) is 12.1. The maximum Gasteiger partial charge on any atom is 0.407 e. The highest BCUT2D eigenvalue weighted by Crippen LogP contribution is 2.37. The molecule has 26 heavy (non-hydrogen) atoms. The highest BCUT2D eigenvalue weighted by Gasteiger charge is 2.27. The molecule has 2 N–H and O–H groups in total. The quantitative estimate of drug-likeness (QED) is 0.730. The van der Waals surface area contributed by atoms with Crippen LogP contribution in [-0.2, 0) is 4.74 Å². The molecule has 0 aromatic heterocycles. The zero-order chi connectivity index (χ0) is 20.1. The Hall–Kier alpha value is -2.30. The maximum absolute atomic E-state index is 11.9. The van der Waals surface area contributed by atoms with Gasteiger partial charge in [0, 0.05) is 5.56 Å². The van der Waals surface area contributed by atoms with E-state index in [2.05, 4.69) is 5.32 Å². The van der Waals surface area contributed by atoms with Gasteiger partial charge in [0.1, 0.15) is 23.5 Å². The van der Waals surface area contributed by atoms with Crippen molar-refractivity contribution in [3.63, 3.8) is 0 Å². The van der Waals surface area contributed by atoms with E-state index in [1.165, 1.54) is 13.0 Å². The molecule has 1 rings (SSSR count). The zero-order valence-electron chi connectivity index (χ0n) is 15.5. The van der Waals surface area contributed by atoms with Gasteiger partial charge in [-0.25, -0.2) is 4.79 Å². The first-order valence-corrected chi connectivity index (χ1v) is 8.44. The number of nitrogens with one attached hydrogen (secondary N) is 1. The number of ketones is 1. The average molecular weight is 383 g/mol. The van der Waals surface area contributed by atoms with Gasteiger partial charge in [-0.3, -0.25) is 4.79 Å². The number of hydrogen-bond acceptors (Lipinski definition) is 6. The lowest BCUT2D eigenvalue weighted by Crippen LogP contribution is -2.35. The molecule has 0 aliphatic rings. The van der Waals surface area contributed by atoms with Crippen molar-refractivity contribution in [2.24, 2.45) is 0 Å². The molecule has 0 fully saturated rings. The summed E-state index contributed by atoms with van der Waals surface area (Å²) in [6.07, 6.45) is -2.04. The van der Waals surface area contributed by atoms with E-state index in [0.717, 1.165) is 0 Å². The molecule has 7 nitrogen and oxygen atoms in total. The number of aliphatic hydroxyl groups excluding tert-OH is 1. The highest BCUT2D eigenvalue weighted by molar-refractivity contribution is 6.32. The molecule has 0 radical (unpaired) electrons. The Morgan fingerprint density at radius 2 is 2.04 bits per heavy atom. The number of amides is 1. The van der Waals surface area contributed by atoms with Gasteiger partial charge in [0.25, 0.3) is 0 Å². The summed E-state index contributed by atoms with van der Waals surface area (Å²) in [5.74, 6) is -0.243. The van der Waals surface area contributed by atoms with E-state index in [-0.39, 0.29) is 46.4 Å². The number of aliphatic hydroxyl groups is 1. The third kappa shape index (κ3) is 5.61. The number of nitrogens with zero attached hydrogens (tertiary/aromatic N) is 1. The van der Waals surface area contributed by atoms with Gasteiger partial charge in [-0.15, -0.1) is 0 Å². The van der Waals surface area contributed by atoms with Crippen LogP contribution < -0.4 is 10.1 Å². The molecule has 142 valence electrons. The first kappa shape index (κ1) is 21.7. The molecule has 1 amide bonds. The Balaban J connectivity index is 3.25. The van der Waals surface area contributed by atoms with Gasteiger partial charge in [0.2, 0.25) is 0 Å². The molecule has 0 saturated carbocycles. The van der Waals surface area contributed by atoms with Gasteiger partial charge in [-0.1, -0.05) is 11.6 Å². The van der Waals surface area contributed by atoms with Crippen LogP contribution in [0.25, 0.3) is 0 Å². The van der Waals surface area contributed by atoms with Crippen molar-refractivity contribution in [1.29, 1.82) is 5.26 Å². The van der Waals surface area contributed by atoms with Crippen LogP contribution in [0.1, 0.15) is 62.2 Å². The van der Waals surface area contributed by atoms with Crippen molar-refractivity contribution in [1.82, 2.24) is 5.32 Å². The van der Waals surface area contributed by atoms with Gasteiger partial charge in [0.05, 0.1) is 29.3 Å². The van der Waals surface area contributed by atoms with Crippen LogP contribution in [-0.4, -0.2) is 35.7 Å². The minimum Gasteiger partial charge on any atom is -0.493 e. The van der Waals surface area contributed by atoms with Crippen LogP contribution >= 0.6 is 11.6 Å². The molecule has 0 heterocycles. The highest BCUT2D eigenvalue weighted by atomic mass is 35.5. The van der Waals surface area contributed by atoms with E-state index in [9.17, 15) is 20.0 Å². The summed E-state index contributed by atoms with van der Waals surface area (Å²) >= 11 is 6.09. The number of rotatable bonds is 6. The number of alkyl carbamates (subject to hydrolysis) is 1. The third-order valence-corrected chi connectivity index (χ3v) is 3.52. The lowest BCUT2D eigenvalue weighted by atomic mass is 9.96. The second kappa shape index (κ2) is 8.88. The van der Waals surface area contributed by atoms with Gasteiger partial charge in [0.15, 0.2) is 5.78 Å². The molecular weight excluding hydrogens is 360 g/mol. The number of hydrogen-bond donors (Lipinski definition) is 2. The Morgan fingerprint density at radius 1 is 1.42 bits per heavy atom. The van der Waals surface area contributed by atoms with Crippen LogP contribution in [0, 0.1) is 11.3 Å². The number of carbonyl (C=O) groups excluding carboxylic acids is 2. The monoisotopic (exact) mass is 382 g/mol. The SMILES string of the molecule is CCOc1c(C(C)=O)cc(Cl)c(C#N)c1C(O)CNC(=O)OC(C)(C)C. The molecule has 0 aliphatic heterocycles. The summed E-state index contributed by atoms with van der Waals surface area (Å²) in [5, 5.41) is 22.4. The first-order chi connectivity index (χ1) is 12.0. The number of halogens is 1. The molecular formula is C18H23ClN2O5. The Kier molecular flexibility index (Phi) is 7.42. The van der Waals surface area contributed by atoms with Crippen molar-refractivity contribution < 1.29 is 24.2 Å². The zero-order valence-corrected chi connectivity index (χ0v) is 16.2. The van der Waals surface area contributed by atoms with E-state index in [1.54, 1.807) is 27.7 Å². The van der Waals surface area contributed by atoms with E-state index in [0.29, 0.717) is 0 Å². The van der Waals surface area contributed by atoms with Gasteiger partial charge in [-0.05, 0) is 40.7 Å².